The van der Waals surface area contributed by atoms with Crippen LogP contribution in [0, 0.1) is 13.8 Å². The van der Waals surface area contributed by atoms with Crippen molar-refractivity contribution in [3.8, 4) is 5.75 Å². The van der Waals surface area contributed by atoms with Crippen LogP contribution in [0.2, 0.25) is 0 Å². The van der Waals surface area contributed by atoms with E-state index < -0.39 is 6.04 Å². The number of carbonyl (C=O) groups excluding carboxylic acids is 1. The van der Waals surface area contributed by atoms with E-state index >= 15 is 0 Å². The van der Waals surface area contributed by atoms with Crippen molar-refractivity contribution in [3.05, 3.63) is 68.8 Å². The van der Waals surface area contributed by atoms with Gasteiger partial charge in [0, 0.05) is 21.4 Å². The number of carbonyl (C=O) groups is 1. The average Bonchev–Trinajstić information content (AvgIpc) is 2.63. The molecule has 0 unspecified atom stereocenters. The minimum atomic E-state index is -0.438. The lowest BCUT2D eigenvalue weighted by Gasteiger charge is -2.31. The van der Waals surface area contributed by atoms with Crippen molar-refractivity contribution in [2.24, 2.45) is 0 Å². The van der Waals surface area contributed by atoms with Crippen molar-refractivity contribution in [2.75, 3.05) is 12.4 Å². The summed E-state index contributed by atoms with van der Waals surface area (Å²) in [5, 5.41) is 9.76. The number of benzene rings is 2. The highest BCUT2D eigenvalue weighted by Gasteiger charge is 2.32. The summed E-state index contributed by atoms with van der Waals surface area (Å²) in [6, 6.07) is 11.2. The summed E-state index contributed by atoms with van der Waals surface area (Å²) in [7, 11) is 1.61. The molecule has 0 aliphatic carbocycles. The zero-order valence-corrected chi connectivity index (χ0v) is 18.5. The fourth-order valence-electron chi connectivity index (χ4n) is 3.30. The molecule has 0 fully saturated rings. The molecule has 2 aromatic rings. The van der Waals surface area contributed by atoms with Gasteiger partial charge in [-0.25, -0.2) is 0 Å². The number of aryl methyl sites for hydroxylation is 2. The minimum absolute atomic E-state index is 0.195. The van der Waals surface area contributed by atoms with Gasteiger partial charge < -0.3 is 20.7 Å². The van der Waals surface area contributed by atoms with Gasteiger partial charge in [0.25, 0.3) is 5.91 Å². The third-order valence-corrected chi connectivity index (χ3v) is 5.36. The summed E-state index contributed by atoms with van der Waals surface area (Å²) in [4.78, 5) is 13.2. The lowest BCUT2D eigenvalue weighted by atomic mass is 9.94. The number of halogens is 1. The summed E-state index contributed by atoms with van der Waals surface area (Å²) in [5.41, 5.74) is 5.03. The smallest absolute Gasteiger partial charge is 0.255 e. The zero-order chi connectivity index (χ0) is 20.4. The Balaban J connectivity index is 2.03. The maximum atomic E-state index is 13.2. The van der Waals surface area contributed by atoms with E-state index in [9.17, 15) is 4.79 Å². The molecule has 2 aromatic carbocycles. The number of thiocarbonyl (C=S) groups is 1. The van der Waals surface area contributed by atoms with Crippen LogP contribution in [0.1, 0.15) is 29.7 Å². The molecular formula is C21H22BrN3O2S. The highest BCUT2D eigenvalue weighted by atomic mass is 79.9. The van der Waals surface area contributed by atoms with Crippen molar-refractivity contribution >= 4 is 44.9 Å². The molecule has 0 saturated heterocycles. The molecular weight excluding hydrogens is 438 g/mol. The van der Waals surface area contributed by atoms with Crippen LogP contribution < -0.4 is 20.7 Å². The average molecular weight is 460 g/mol. The Hall–Kier alpha value is -2.38. The quantitative estimate of drug-likeness (QED) is 0.587. The molecule has 1 amide bonds. The molecule has 0 spiro atoms. The van der Waals surface area contributed by atoms with E-state index in [1.165, 1.54) is 0 Å². The fourth-order valence-corrected chi connectivity index (χ4v) is 3.95. The molecule has 1 aliphatic rings. The number of ether oxygens (including phenoxy) is 1. The number of hydrogen-bond acceptors (Lipinski definition) is 3. The molecule has 0 saturated carbocycles. The molecule has 3 rings (SSSR count). The van der Waals surface area contributed by atoms with E-state index in [4.69, 9.17) is 17.0 Å². The van der Waals surface area contributed by atoms with Crippen molar-refractivity contribution < 1.29 is 9.53 Å². The first-order valence-corrected chi connectivity index (χ1v) is 10.0. The van der Waals surface area contributed by atoms with Crippen molar-refractivity contribution in [1.82, 2.24) is 10.6 Å². The highest BCUT2D eigenvalue weighted by Crippen LogP contribution is 2.35. The maximum Gasteiger partial charge on any atom is 0.255 e. The maximum absolute atomic E-state index is 13.2. The Bertz CT molecular complexity index is 988. The molecule has 0 aromatic heterocycles. The number of hydrogen-bond donors (Lipinski definition) is 3. The molecule has 3 N–H and O–H groups in total. The molecule has 5 nitrogen and oxygen atoms in total. The molecule has 0 bridgehead atoms. The number of amides is 1. The van der Waals surface area contributed by atoms with Crippen LogP contribution in [0.3, 0.4) is 0 Å². The van der Waals surface area contributed by atoms with Crippen LogP contribution >= 0.6 is 28.1 Å². The van der Waals surface area contributed by atoms with Gasteiger partial charge in [0.2, 0.25) is 0 Å². The Morgan fingerprint density at radius 3 is 2.61 bits per heavy atom. The van der Waals surface area contributed by atoms with Crippen LogP contribution in [0.25, 0.3) is 0 Å². The number of rotatable bonds is 4. The van der Waals surface area contributed by atoms with Gasteiger partial charge in [0.05, 0.1) is 18.7 Å². The first-order chi connectivity index (χ1) is 13.3. The minimum Gasteiger partial charge on any atom is -0.496 e. The monoisotopic (exact) mass is 459 g/mol. The first-order valence-electron chi connectivity index (χ1n) is 8.80. The summed E-state index contributed by atoms with van der Waals surface area (Å²) >= 11 is 8.84. The first kappa shape index (κ1) is 20.4. The van der Waals surface area contributed by atoms with Gasteiger partial charge in [-0.3, -0.25) is 4.79 Å². The normalized spacial score (nSPS) is 16.3. The number of anilines is 1. The van der Waals surface area contributed by atoms with Crippen molar-refractivity contribution in [2.45, 2.75) is 26.8 Å². The van der Waals surface area contributed by atoms with Crippen LogP contribution in [0.15, 0.2) is 52.1 Å². The molecule has 1 aliphatic heterocycles. The summed E-state index contributed by atoms with van der Waals surface area (Å²) in [6.07, 6.45) is 0. The SMILES string of the molecule is COc1ccc(Br)cc1[C@H]1NC(=S)NC(C)=C1C(=O)Nc1ccc(C)cc1C. The third-order valence-electron chi connectivity index (χ3n) is 4.65. The van der Waals surface area contributed by atoms with Gasteiger partial charge in [-0.05, 0) is 62.8 Å². The van der Waals surface area contributed by atoms with Crippen LogP contribution in [0.4, 0.5) is 5.69 Å². The number of allylic oxidation sites excluding steroid dienone is 1. The summed E-state index contributed by atoms with van der Waals surface area (Å²) < 4.78 is 6.41. The second-order valence-electron chi connectivity index (χ2n) is 6.73. The highest BCUT2D eigenvalue weighted by molar-refractivity contribution is 9.10. The number of nitrogens with one attached hydrogen (secondary N) is 3. The van der Waals surface area contributed by atoms with Gasteiger partial charge in [0.1, 0.15) is 5.75 Å². The van der Waals surface area contributed by atoms with E-state index in [1.54, 1.807) is 7.11 Å². The van der Waals surface area contributed by atoms with Crippen molar-refractivity contribution in [1.29, 1.82) is 0 Å². The van der Waals surface area contributed by atoms with Gasteiger partial charge in [-0.1, -0.05) is 33.6 Å². The van der Waals surface area contributed by atoms with E-state index in [-0.39, 0.29) is 5.91 Å². The Labute approximate surface area is 178 Å². The summed E-state index contributed by atoms with van der Waals surface area (Å²) in [6.45, 7) is 5.85. The largest absolute Gasteiger partial charge is 0.496 e. The Morgan fingerprint density at radius 1 is 1.18 bits per heavy atom. The molecule has 146 valence electrons. The predicted octanol–water partition coefficient (Wildman–Crippen LogP) is 4.51. The van der Waals surface area contributed by atoms with E-state index in [2.05, 4.69) is 31.9 Å². The topological polar surface area (TPSA) is 62.4 Å². The van der Waals surface area contributed by atoms with Gasteiger partial charge in [-0.2, -0.15) is 0 Å². The molecule has 1 heterocycles. The molecule has 1 atom stereocenters. The fraction of sp³-hybridized carbons (Fsp3) is 0.238. The second-order valence-corrected chi connectivity index (χ2v) is 8.05. The zero-order valence-electron chi connectivity index (χ0n) is 16.1. The van der Waals surface area contributed by atoms with E-state index in [1.807, 2.05) is 57.2 Å². The molecule has 0 radical (unpaired) electrons. The van der Waals surface area contributed by atoms with E-state index in [0.717, 1.165) is 26.9 Å². The lowest BCUT2D eigenvalue weighted by molar-refractivity contribution is -0.113. The van der Waals surface area contributed by atoms with Crippen LogP contribution in [-0.2, 0) is 4.79 Å². The Morgan fingerprint density at radius 2 is 1.93 bits per heavy atom. The van der Waals surface area contributed by atoms with Gasteiger partial charge >= 0.3 is 0 Å². The lowest BCUT2D eigenvalue weighted by Crippen LogP contribution is -2.45. The third kappa shape index (κ3) is 4.20. The van der Waals surface area contributed by atoms with Crippen molar-refractivity contribution in [3.63, 3.8) is 0 Å². The van der Waals surface area contributed by atoms with Crippen LogP contribution in [-0.4, -0.2) is 18.1 Å². The predicted molar refractivity (Wildman–Crippen MR) is 120 cm³/mol. The summed E-state index contributed by atoms with van der Waals surface area (Å²) in [5.74, 6) is 0.481. The Kier molecular flexibility index (Phi) is 6.05. The molecule has 28 heavy (non-hydrogen) atoms. The standard InChI is InChI=1S/C21H22BrN3O2S/c1-11-5-7-16(12(2)9-11)24-20(26)18-13(3)23-21(28)25-19(18)15-10-14(22)6-8-17(15)27-4/h5-10,19H,1-4H3,(H,24,26)(H2,23,25,28)/t19-/m1/s1. The second kappa shape index (κ2) is 8.32. The van der Waals surface area contributed by atoms with E-state index in [0.29, 0.717) is 22.1 Å². The van der Waals surface area contributed by atoms with Crippen LogP contribution in [0.5, 0.6) is 5.75 Å². The van der Waals surface area contributed by atoms with Gasteiger partial charge in [-0.15, -0.1) is 0 Å². The molecule has 7 heteroatoms. The number of methoxy groups -OCH3 is 1. The van der Waals surface area contributed by atoms with Gasteiger partial charge in [0.15, 0.2) is 5.11 Å².